The topological polar surface area (TPSA) is 57.7 Å². The highest BCUT2D eigenvalue weighted by Crippen LogP contribution is 2.31. The lowest BCUT2D eigenvalue weighted by Gasteiger charge is -2.33. The number of rotatable bonds is 3. The molecule has 0 unspecified atom stereocenters. The Labute approximate surface area is 162 Å². The van der Waals surface area contributed by atoms with Crippen LogP contribution in [0.15, 0.2) is 53.4 Å². The van der Waals surface area contributed by atoms with Crippen molar-refractivity contribution in [2.24, 2.45) is 0 Å². The third kappa shape index (κ3) is 3.31. The molecule has 4 rings (SSSR count). The van der Waals surface area contributed by atoms with E-state index < -0.39 is 45.4 Å². The Balaban J connectivity index is 1.62. The van der Waals surface area contributed by atoms with Crippen LogP contribution in [0, 0.1) is 5.82 Å². The molecular weight excluding hydrogens is 386 g/mol. The van der Waals surface area contributed by atoms with Crippen LogP contribution in [-0.2, 0) is 27.8 Å². The lowest BCUT2D eigenvalue weighted by atomic mass is 9.99. The zero-order chi connectivity index (χ0) is 19.9. The average molecular weight is 406 g/mol. The van der Waals surface area contributed by atoms with Gasteiger partial charge in [-0.15, -0.1) is 0 Å². The first-order valence-electron chi connectivity index (χ1n) is 9.14. The molecule has 0 spiro atoms. The number of fused-ring (bicyclic) bond motifs is 1. The Bertz CT molecular complexity index is 1010. The minimum atomic E-state index is -4.32. The van der Waals surface area contributed by atoms with Crippen molar-refractivity contribution in [3.63, 3.8) is 0 Å². The number of carbonyl (C=O) groups excluding carboxylic acids is 1. The Morgan fingerprint density at radius 3 is 2.46 bits per heavy atom. The molecule has 2 aromatic rings. The van der Waals surface area contributed by atoms with Crippen molar-refractivity contribution in [3.8, 4) is 0 Å². The van der Waals surface area contributed by atoms with Gasteiger partial charge >= 0.3 is 0 Å². The molecule has 0 N–H and O–H groups in total. The number of amides is 1. The predicted molar refractivity (Wildman–Crippen MR) is 99.2 cm³/mol. The standard InChI is InChI=1S/C20H20F2N2O3S/c21-16-11-18(20(25)23-10-9-14-5-1-2-6-15(14)12-23)24(13-16)28(26,27)19-8-4-3-7-17(19)22/h1-8,16,18H,9-13H2/t16-,18-/m0/s1. The Hall–Kier alpha value is -2.32. The highest BCUT2D eigenvalue weighted by atomic mass is 32.2. The maximum Gasteiger partial charge on any atom is 0.246 e. The van der Waals surface area contributed by atoms with Crippen LogP contribution in [0.3, 0.4) is 0 Å². The molecule has 1 saturated heterocycles. The quantitative estimate of drug-likeness (QED) is 0.787. The molecule has 0 radical (unpaired) electrons. The summed E-state index contributed by atoms with van der Waals surface area (Å²) in [6.45, 7) is 0.352. The summed E-state index contributed by atoms with van der Waals surface area (Å²) in [5, 5.41) is 0. The third-order valence-corrected chi connectivity index (χ3v) is 7.26. The molecule has 1 fully saturated rings. The van der Waals surface area contributed by atoms with Gasteiger partial charge in [-0.3, -0.25) is 4.79 Å². The largest absolute Gasteiger partial charge is 0.337 e. The molecular formula is C20H20F2N2O3S. The first-order valence-corrected chi connectivity index (χ1v) is 10.6. The fraction of sp³-hybridized carbons (Fsp3) is 0.350. The van der Waals surface area contributed by atoms with Gasteiger partial charge in [0.1, 0.15) is 22.9 Å². The van der Waals surface area contributed by atoms with Gasteiger partial charge < -0.3 is 4.90 Å². The predicted octanol–water partition coefficient (Wildman–Crippen LogP) is 2.51. The van der Waals surface area contributed by atoms with E-state index in [4.69, 9.17) is 0 Å². The normalized spacial score (nSPS) is 22.9. The molecule has 2 atom stereocenters. The van der Waals surface area contributed by atoms with E-state index in [-0.39, 0.29) is 6.42 Å². The molecule has 1 amide bonds. The lowest BCUT2D eigenvalue weighted by Crippen LogP contribution is -2.49. The second-order valence-electron chi connectivity index (χ2n) is 7.13. The van der Waals surface area contributed by atoms with Crippen molar-refractivity contribution >= 4 is 15.9 Å². The molecule has 0 saturated carbocycles. The van der Waals surface area contributed by atoms with Crippen molar-refractivity contribution in [1.82, 2.24) is 9.21 Å². The first-order chi connectivity index (χ1) is 13.4. The van der Waals surface area contributed by atoms with E-state index in [2.05, 4.69) is 0 Å². The van der Waals surface area contributed by atoms with Gasteiger partial charge in [-0.25, -0.2) is 17.2 Å². The van der Waals surface area contributed by atoms with Gasteiger partial charge in [0.05, 0.1) is 0 Å². The number of hydrogen-bond acceptors (Lipinski definition) is 3. The summed E-state index contributed by atoms with van der Waals surface area (Å²) in [5.41, 5.74) is 2.15. The molecule has 2 heterocycles. The van der Waals surface area contributed by atoms with E-state index in [0.29, 0.717) is 19.5 Å². The smallest absolute Gasteiger partial charge is 0.246 e. The van der Waals surface area contributed by atoms with Crippen molar-refractivity contribution in [2.75, 3.05) is 13.1 Å². The SMILES string of the molecule is O=C([C@@H]1C[C@H](F)CN1S(=O)(=O)c1ccccc1F)N1CCc2ccccc2C1. The zero-order valence-electron chi connectivity index (χ0n) is 15.1. The zero-order valence-corrected chi connectivity index (χ0v) is 15.9. The second kappa shape index (κ2) is 7.25. The van der Waals surface area contributed by atoms with E-state index in [1.54, 1.807) is 4.90 Å². The summed E-state index contributed by atoms with van der Waals surface area (Å²) in [5.74, 6) is -1.35. The summed E-state index contributed by atoms with van der Waals surface area (Å²) < 4.78 is 55.0. The van der Waals surface area contributed by atoms with Gasteiger partial charge in [0.15, 0.2) is 0 Å². The summed E-state index contributed by atoms with van der Waals surface area (Å²) in [6, 6.07) is 11.5. The molecule has 0 aliphatic carbocycles. The summed E-state index contributed by atoms with van der Waals surface area (Å²) in [4.78, 5) is 14.1. The maximum atomic E-state index is 14.2. The van der Waals surface area contributed by atoms with Crippen LogP contribution in [0.4, 0.5) is 8.78 Å². The van der Waals surface area contributed by atoms with Crippen LogP contribution in [-0.4, -0.2) is 48.8 Å². The van der Waals surface area contributed by atoms with Crippen LogP contribution < -0.4 is 0 Å². The number of benzene rings is 2. The van der Waals surface area contributed by atoms with Crippen molar-refractivity contribution in [3.05, 3.63) is 65.5 Å². The van der Waals surface area contributed by atoms with Crippen molar-refractivity contribution < 1.29 is 22.0 Å². The number of carbonyl (C=O) groups is 1. The molecule has 2 aliphatic heterocycles. The molecule has 28 heavy (non-hydrogen) atoms. The monoisotopic (exact) mass is 406 g/mol. The fourth-order valence-electron chi connectivity index (χ4n) is 3.92. The van der Waals surface area contributed by atoms with E-state index in [1.807, 2.05) is 24.3 Å². The van der Waals surface area contributed by atoms with Gasteiger partial charge in [-0.1, -0.05) is 36.4 Å². The Morgan fingerprint density at radius 1 is 1.04 bits per heavy atom. The molecule has 0 aromatic heterocycles. The molecule has 148 valence electrons. The number of alkyl halides is 1. The Morgan fingerprint density at radius 2 is 1.71 bits per heavy atom. The van der Waals surface area contributed by atoms with Crippen LogP contribution >= 0.6 is 0 Å². The molecule has 0 bridgehead atoms. The van der Waals surface area contributed by atoms with Gasteiger partial charge in [-0.2, -0.15) is 4.31 Å². The van der Waals surface area contributed by atoms with E-state index in [1.165, 1.54) is 12.1 Å². The highest BCUT2D eigenvalue weighted by molar-refractivity contribution is 7.89. The number of nitrogens with zero attached hydrogens (tertiary/aromatic N) is 2. The van der Waals surface area contributed by atoms with Crippen LogP contribution in [0.2, 0.25) is 0 Å². The third-order valence-electron chi connectivity index (χ3n) is 5.36. The van der Waals surface area contributed by atoms with Gasteiger partial charge in [0.2, 0.25) is 15.9 Å². The number of hydrogen-bond donors (Lipinski definition) is 0. The maximum absolute atomic E-state index is 14.2. The number of halogens is 2. The van der Waals surface area contributed by atoms with Crippen molar-refractivity contribution in [1.29, 1.82) is 0 Å². The summed E-state index contributed by atoms with van der Waals surface area (Å²) in [6.07, 6.45) is -1.02. The first kappa shape index (κ1) is 19.0. The second-order valence-corrected chi connectivity index (χ2v) is 8.99. The Kier molecular flexibility index (Phi) is 4.93. The molecule has 5 nitrogen and oxygen atoms in total. The van der Waals surface area contributed by atoms with Crippen LogP contribution in [0.1, 0.15) is 17.5 Å². The summed E-state index contributed by atoms with van der Waals surface area (Å²) in [7, 11) is -4.32. The summed E-state index contributed by atoms with van der Waals surface area (Å²) >= 11 is 0. The van der Waals surface area contributed by atoms with Crippen LogP contribution in [0.25, 0.3) is 0 Å². The van der Waals surface area contributed by atoms with Crippen LogP contribution in [0.5, 0.6) is 0 Å². The fourth-order valence-corrected chi connectivity index (χ4v) is 5.61. The van der Waals surface area contributed by atoms with Gasteiger partial charge in [0, 0.05) is 26.1 Å². The van der Waals surface area contributed by atoms with E-state index in [9.17, 15) is 22.0 Å². The highest BCUT2D eigenvalue weighted by Gasteiger charge is 2.46. The molecule has 2 aromatic carbocycles. The number of sulfonamides is 1. The van der Waals surface area contributed by atoms with Gasteiger partial charge in [0.25, 0.3) is 0 Å². The van der Waals surface area contributed by atoms with Crippen molar-refractivity contribution in [2.45, 2.75) is 36.5 Å². The molecule has 2 aliphatic rings. The average Bonchev–Trinajstić information content (AvgIpc) is 3.10. The van der Waals surface area contributed by atoms with Gasteiger partial charge in [-0.05, 0) is 29.7 Å². The lowest BCUT2D eigenvalue weighted by molar-refractivity contribution is -0.135. The van der Waals surface area contributed by atoms with E-state index >= 15 is 0 Å². The molecule has 8 heteroatoms. The minimum Gasteiger partial charge on any atom is -0.337 e. The minimum absolute atomic E-state index is 0.218. The van der Waals surface area contributed by atoms with E-state index in [0.717, 1.165) is 27.6 Å².